The molecule has 0 saturated carbocycles. The lowest BCUT2D eigenvalue weighted by Crippen LogP contribution is -2.30. The molecule has 0 saturated heterocycles. The highest BCUT2D eigenvalue weighted by Crippen LogP contribution is 2.29. The highest BCUT2D eigenvalue weighted by Gasteiger charge is 2.30. The van der Waals surface area contributed by atoms with E-state index in [9.17, 15) is 32.9 Å². The van der Waals surface area contributed by atoms with E-state index in [-0.39, 0.29) is 16.1 Å². The van der Waals surface area contributed by atoms with Crippen molar-refractivity contribution in [3.05, 3.63) is 74.3 Å². The number of amides is 1. The van der Waals surface area contributed by atoms with Gasteiger partial charge in [0, 0.05) is 11.6 Å². The number of hydrogen-bond donors (Lipinski definition) is 1. The minimum Gasteiger partial charge on any atom is -0.460 e. The highest BCUT2D eigenvalue weighted by atomic mass is 35.5. The van der Waals surface area contributed by atoms with Crippen molar-refractivity contribution in [3.63, 3.8) is 0 Å². The zero-order valence-electron chi connectivity index (χ0n) is 14.0. The van der Waals surface area contributed by atoms with E-state index in [0.29, 0.717) is 0 Å². The smallest absolute Gasteiger partial charge is 0.416 e. The Kier molecular flexibility index (Phi) is 6.57. The summed E-state index contributed by atoms with van der Waals surface area (Å²) in [4.78, 5) is 33.7. The van der Waals surface area contributed by atoms with Gasteiger partial charge in [0.1, 0.15) is 18.2 Å². The number of nitro benzene ring substituents is 1. The van der Waals surface area contributed by atoms with Crippen molar-refractivity contribution in [1.82, 2.24) is 5.32 Å². The number of ether oxygens (including phenoxy) is 1. The fourth-order valence-electron chi connectivity index (χ4n) is 2.10. The third kappa shape index (κ3) is 5.68. The molecule has 2 aromatic carbocycles. The van der Waals surface area contributed by atoms with E-state index in [0.717, 1.165) is 18.2 Å². The number of esters is 1. The maximum absolute atomic E-state index is 12.6. The van der Waals surface area contributed by atoms with Crippen LogP contribution in [0.25, 0.3) is 0 Å². The zero-order valence-corrected chi connectivity index (χ0v) is 14.7. The maximum Gasteiger partial charge on any atom is 0.416 e. The second kappa shape index (κ2) is 8.70. The number of benzene rings is 2. The Morgan fingerprint density at radius 2 is 1.89 bits per heavy atom. The SMILES string of the molecule is O=C(CNC(=O)c1ccc(Cl)c([N+](=O)[O-])c1)OCc1cccc(C(F)(F)F)c1. The number of nitrogens with one attached hydrogen (secondary N) is 1. The van der Waals surface area contributed by atoms with Crippen molar-refractivity contribution in [2.24, 2.45) is 0 Å². The lowest BCUT2D eigenvalue weighted by molar-refractivity contribution is -0.384. The van der Waals surface area contributed by atoms with Crippen molar-refractivity contribution in [2.75, 3.05) is 6.54 Å². The number of halogens is 4. The Balaban J connectivity index is 1.90. The van der Waals surface area contributed by atoms with E-state index in [1.165, 1.54) is 24.3 Å². The molecule has 0 spiro atoms. The first-order valence-electron chi connectivity index (χ1n) is 7.62. The lowest BCUT2D eigenvalue weighted by Gasteiger charge is -2.10. The Labute approximate surface area is 161 Å². The van der Waals surface area contributed by atoms with E-state index in [1.54, 1.807) is 0 Å². The van der Waals surface area contributed by atoms with E-state index < -0.39 is 47.4 Å². The third-order valence-corrected chi connectivity index (χ3v) is 3.77. The van der Waals surface area contributed by atoms with Gasteiger partial charge in [0.2, 0.25) is 0 Å². The summed E-state index contributed by atoms with van der Waals surface area (Å²) in [6.45, 7) is -0.987. The molecule has 0 unspecified atom stereocenters. The number of nitrogens with zero attached hydrogens (tertiary/aromatic N) is 1. The van der Waals surface area contributed by atoms with Crippen LogP contribution < -0.4 is 5.32 Å². The van der Waals surface area contributed by atoms with Crippen LogP contribution in [0.3, 0.4) is 0 Å². The molecule has 2 aromatic rings. The molecule has 0 atom stereocenters. The van der Waals surface area contributed by atoms with E-state index in [2.05, 4.69) is 5.32 Å². The van der Waals surface area contributed by atoms with Crippen molar-refractivity contribution in [1.29, 1.82) is 0 Å². The van der Waals surface area contributed by atoms with Gasteiger partial charge in [-0.15, -0.1) is 0 Å². The molecule has 0 radical (unpaired) electrons. The Morgan fingerprint density at radius 3 is 2.54 bits per heavy atom. The molecule has 1 N–H and O–H groups in total. The van der Waals surface area contributed by atoms with Crippen LogP contribution in [0.4, 0.5) is 18.9 Å². The molecule has 0 aliphatic rings. The van der Waals surface area contributed by atoms with Crippen molar-refractivity contribution < 1.29 is 32.4 Å². The quantitative estimate of drug-likeness (QED) is 0.439. The number of carbonyl (C=O) groups is 2. The monoisotopic (exact) mass is 416 g/mol. The van der Waals surface area contributed by atoms with Gasteiger partial charge in [-0.05, 0) is 29.8 Å². The molecule has 11 heteroatoms. The topological polar surface area (TPSA) is 98.5 Å². The molecule has 0 bridgehead atoms. The van der Waals surface area contributed by atoms with E-state index >= 15 is 0 Å². The van der Waals surface area contributed by atoms with E-state index in [1.807, 2.05) is 0 Å². The van der Waals surface area contributed by atoms with Crippen LogP contribution in [0.2, 0.25) is 5.02 Å². The fourth-order valence-corrected chi connectivity index (χ4v) is 2.29. The predicted octanol–water partition coefficient (Wildman–Crippen LogP) is 3.74. The molecular weight excluding hydrogens is 405 g/mol. The van der Waals surface area contributed by atoms with Gasteiger partial charge in [-0.3, -0.25) is 19.7 Å². The van der Waals surface area contributed by atoms with E-state index in [4.69, 9.17) is 16.3 Å². The van der Waals surface area contributed by atoms with Crippen LogP contribution >= 0.6 is 11.6 Å². The van der Waals surface area contributed by atoms with Gasteiger partial charge in [-0.1, -0.05) is 23.7 Å². The predicted molar refractivity (Wildman–Crippen MR) is 91.7 cm³/mol. The fraction of sp³-hybridized carbons (Fsp3) is 0.176. The molecule has 7 nitrogen and oxygen atoms in total. The normalized spacial score (nSPS) is 11.0. The van der Waals surface area contributed by atoms with Crippen LogP contribution in [-0.4, -0.2) is 23.3 Å². The summed E-state index contributed by atoms with van der Waals surface area (Å²) in [5.74, 6) is -1.68. The van der Waals surface area contributed by atoms with Crippen LogP contribution in [-0.2, 0) is 22.3 Å². The molecule has 148 valence electrons. The summed E-state index contributed by atoms with van der Waals surface area (Å²) in [6, 6.07) is 7.62. The summed E-state index contributed by atoms with van der Waals surface area (Å²) < 4.78 is 42.7. The Hall–Kier alpha value is -3.14. The first kappa shape index (κ1) is 21.2. The molecule has 0 aliphatic heterocycles. The summed E-state index contributed by atoms with van der Waals surface area (Å²) in [6.07, 6.45) is -4.52. The summed E-state index contributed by atoms with van der Waals surface area (Å²) in [5.41, 5.74) is -1.32. The highest BCUT2D eigenvalue weighted by molar-refractivity contribution is 6.32. The van der Waals surface area contributed by atoms with Crippen molar-refractivity contribution in [2.45, 2.75) is 12.8 Å². The summed E-state index contributed by atoms with van der Waals surface area (Å²) in [5, 5.41) is 12.9. The van der Waals surface area contributed by atoms with Gasteiger partial charge in [-0.25, -0.2) is 0 Å². The minimum atomic E-state index is -4.52. The first-order chi connectivity index (χ1) is 13.1. The molecule has 1 amide bonds. The van der Waals surface area contributed by atoms with Gasteiger partial charge in [-0.2, -0.15) is 13.2 Å². The molecule has 0 aromatic heterocycles. The second-order valence-corrected chi connectivity index (χ2v) is 5.87. The number of carbonyl (C=O) groups excluding carboxylic acids is 2. The number of alkyl halides is 3. The van der Waals surface area contributed by atoms with Gasteiger partial charge in [0.05, 0.1) is 10.5 Å². The number of rotatable bonds is 6. The second-order valence-electron chi connectivity index (χ2n) is 5.46. The van der Waals surface area contributed by atoms with Crippen molar-refractivity contribution in [3.8, 4) is 0 Å². The maximum atomic E-state index is 12.6. The van der Waals surface area contributed by atoms with Gasteiger partial charge >= 0.3 is 12.1 Å². The molecule has 0 aliphatic carbocycles. The Morgan fingerprint density at radius 1 is 1.18 bits per heavy atom. The van der Waals surface area contributed by atoms with Gasteiger partial charge < -0.3 is 10.1 Å². The van der Waals surface area contributed by atoms with Crippen LogP contribution in [0.15, 0.2) is 42.5 Å². The van der Waals surface area contributed by atoms with Crippen LogP contribution in [0, 0.1) is 10.1 Å². The average Bonchev–Trinajstić information content (AvgIpc) is 2.64. The molecule has 0 fully saturated rings. The molecule has 2 rings (SSSR count). The summed E-state index contributed by atoms with van der Waals surface area (Å²) in [7, 11) is 0. The summed E-state index contributed by atoms with van der Waals surface area (Å²) >= 11 is 5.64. The zero-order chi connectivity index (χ0) is 20.9. The van der Waals surface area contributed by atoms with Crippen LogP contribution in [0.1, 0.15) is 21.5 Å². The molecule has 0 heterocycles. The van der Waals surface area contributed by atoms with Gasteiger partial charge in [0.15, 0.2) is 0 Å². The standard InChI is InChI=1S/C17H12ClF3N2O5/c18-13-5-4-11(7-14(13)23(26)27)16(25)22-8-15(24)28-9-10-2-1-3-12(6-10)17(19,20)21/h1-7H,8-9H2,(H,22,25). The molecular formula is C17H12ClF3N2O5. The lowest BCUT2D eigenvalue weighted by atomic mass is 10.1. The van der Waals surface area contributed by atoms with Gasteiger partial charge in [0.25, 0.3) is 11.6 Å². The average molecular weight is 417 g/mol. The molecule has 28 heavy (non-hydrogen) atoms. The number of nitro groups is 1. The minimum absolute atomic E-state index is 0.0956. The van der Waals surface area contributed by atoms with Crippen molar-refractivity contribution >= 4 is 29.2 Å². The number of hydrogen-bond acceptors (Lipinski definition) is 5. The first-order valence-corrected chi connectivity index (χ1v) is 7.99. The Bertz CT molecular complexity index is 918. The van der Waals surface area contributed by atoms with Crippen LogP contribution in [0.5, 0.6) is 0 Å². The largest absolute Gasteiger partial charge is 0.460 e. The third-order valence-electron chi connectivity index (χ3n) is 3.45.